The molecular formula is C16H16BrNO2. The van der Waals surface area contributed by atoms with Gasteiger partial charge in [-0.2, -0.15) is 0 Å². The summed E-state index contributed by atoms with van der Waals surface area (Å²) in [5.41, 5.74) is 3.63. The molecule has 1 aliphatic rings. The third-order valence-corrected chi connectivity index (χ3v) is 3.91. The van der Waals surface area contributed by atoms with Crippen molar-refractivity contribution in [2.24, 2.45) is 0 Å². The van der Waals surface area contributed by atoms with Gasteiger partial charge in [0.1, 0.15) is 0 Å². The van der Waals surface area contributed by atoms with E-state index >= 15 is 0 Å². The van der Waals surface area contributed by atoms with E-state index in [1.54, 1.807) is 0 Å². The Labute approximate surface area is 127 Å². The molecule has 0 amide bonds. The van der Waals surface area contributed by atoms with Crippen LogP contribution in [0.5, 0.6) is 11.5 Å². The molecule has 104 valence electrons. The van der Waals surface area contributed by atoms with E-state index in [2.05, 4.69) is 58.5 Å². The fourth-order valence-electron chi connectivity index (χ4n) is 2.23. The van der Waals surface area contributed by atoms with E-state index in [0.29, 0.717) is 6.79 Å². The molecule has 0 radical (unpaired) electrons. The number of hydrogen-bond acceptors (Lipinski definition) is 3. The number of hydrogen-bond donors (Lipinski definition) is 1. The molecule has 0 fully saturated rings. The highest BCUT2D eigenvalue weighted by molar-refractivity contribution is 9.10. The molecule has 3 nitrogen and oxygen atoms in total. The Bertz CT molecular complexity index is 628. The second kappa shape index (κ2) is 5.75. The molecule has 0 bridgehead atoms. The van der Waals surface area contributed by atoms with Crippen molar-refractivity contribution in [1.82, 2.24) is 0 Å². The topological polar surface area (TPSA) is 30.5 Å². The first kappa shape index (κ1) is 13.3. The maximum Gasteiger partial charge on any atom is 0.231 e. The highest BCUT2D eigenvalue weighted by Gasteiger charge is 2.17. The van der Waals surface area contributed by atoms with Crippen LogP contribution in [-0.2, 0) is 13.0 Å². The highest BCUT2D eigenvalue weighted by atomic mass is 79.9. The molecule has 0 saturated carbocycles. The van der Waals surface area contributed by atoms with Gasteiger partial charge in [0.25, 0.3) is 0 Å². The van der Waals surface area contributed by atoms with Crippen molar-refractivity contribution in [3.63, 3.8) is 0 Å². The maximum atomic E-state index is 5.43. The summed E-state index contributed by atoms with van der Waals surface area (Å²) >= 11 is 3.51. The molecule has 0 unspecified atom stereocenters. The molecule has 0 aromatic heterocycles. The second-order valence-electron chi connectivity index (χ2n) is 4.72. The van der Waals surface area contributed by atoms with Crippen molar-refractivity contribution in [2.75, 3.05) is 12.1 Å². The molecule has 0 atom stereocenters. The van der Waals surface area contributed by atoms with E-state index in [-0.39, 0.29) is 0 Å². The predicted octanol–water partition coefficient (Wildman–Crippen LogP) is 4.35. The molecule has 1 aliphatic heterocycles. The summed E-state index contributed by atoms with van der Waals surface area (Å²) in [4.78, 5) is 0. The SMILES string of the molecule is CCc1cccc(NCc2cc(Br)c3c(c2)OCO3)c1. The van der Waals surface area contributed by atoms with Gasteiger partial charge >= 0.3 is 0 Å². The van der Waals surface area contributed by atoms with Crippen LogP contribution in [-0.4, -0.2) is 6.79 Å². The zero-order valence-corrected chi connectivity index (χ0v) is 12.9. The molecule has 1 N–H and O–H groups in total. The lowest BCUT2D eigenvalue weighted by atomic mass is 10.1. The third-order valence-electron chi connectivity index (χ3n) is 3.32. The number of nitrogens with one attached hydrogen (secondary N) is 1. The Morgan fingerprint density at radius 3 is 2.90 bits per heavy atom. The van der Waals surface area contributed by atoms with Crippen LogP contribution in [0.15, 0.2) is 40.9 Å². The molecule has 4 heteroatoms. The summed E-state index contributed by atoms with van der Waals surface area (Å²) in [6.07, 6.45) is 1.05. The number of benzene rings is 2. The summed E-state index contributed by atoms with van der Waals surface area (Å²) in [7, 11) is 0. The smallest absolute Gasteiger partial charge is 0.231 e. The van der Waals surface area contributed by atoms with Crippen molar-refractivity contribution in [3.8, 4) is 11.5 Å². The van der Waals surface area contributed by atoms with Gasteiger partial charge in [-0.25, -0.2) is 0 Å². The van der Waals surface area contributed by atoms with Crippen LogP contribution in [0.3, 0.4) is 0 Å². The molecule has 2 aromatic rings. The number of aryl methyl sites for hydroxylation is 1. The third kappa shape index (κ3) is 2.75. The minimum Gasteiger partial charge on any atom is -0.454 e. The fraction of sp³-hybridized carbons (Fsp3) is 0.250. The number of anilines is 1. The summed E-state index contributed by atoms with van der Waals surface area (Å²) in [6.45, 7) is 3.21. The Morgan fingerprint density at radius 1 is 1.15 bits per heavy atom. The molecule has 20 heavy (non-hydrogen) atoms. The van der Waals surface area contributed by atoms with Crippen molar-refractivity contribution >= 4 is 21.6 Å². The van der Waals surface area contributed by atoms with E-state index in [0.717, 1.165) is 40.2 Å². The molecule has 0 aliphatic carbocycles. The van der Waals surface area contributed by atoms with Gasteiger partial charge in [0.2, 0.25) is 6.79 Å². The van der Waals surface area contributed by atoms with Crippen LogP contribution in [0.2, 0.25) is 0 Å². The van der Waals surface area contributed by atoms with E-state index in [1.807, 2.05) is 6.07 Å². The van der Waals surface area contributed by atoms with Crippen LogP contribution in [0.1, 0.15) is 18.1 Å². The molecule has 3 rings (SSSR count). The maximum absolute atomic E-state index is 5.43. The fourth-order valence-corrected chi connectivity index (χ4v) is 2.83. The minimum atomic E-state index is 0.295. The summed E-state index contributed by atoms with van der Waals surface area (Å²) < 4.78 is 11.8. The summed E-state index contributed by atoms with van der Waals surface area (Å²) in [6, 6.07) is 12.6. The highest BCUT2D eigenvalue weighted by Crippen LogP contribution is 2.40. The first-order valence-electron chi connectivity index (χ1n) is 6.67. The van der Waals surface area contributed by atoms with Crippen LogP contribution in [0.25, 0.3) is 0 Å². The summed E-state index contributed by atoms with van der Waals surface area (Å²) in [5, 5.41) is 3.44. The second-order valence-corrected chi connectivity index (χ2v) is 5.57. The van der Waals surface area contributed by atoms with Crippen molar-refractivity contribution in [1.29, 1.82) is 0 Å². The van der Waals surface area contributed by atoms with Gasteiger partial charge in [0, 0.05) is 12.2 Å². The first-order chi connectivity index (χ1) is 9.76. The van der Waals surface area contributed by atoms with Gasteiger partial charge in [0.15, 0.2) is 11.5 Å². The van der Waals surface area contributed by atoms with E-state index in [4.69, 9.17) is 9.47 Å². The monoisotopic (exact) mass is 333 g/mol. The number of fused-ring (bicyclic) bond motifs is 1. The van der Waals surface area contributed by atoms with Crippen molar-refractivity contribution < 1.29 is 9.47 Å². The average Bonchev–Trinajstić information content (AvgIpc) is 2.94. The Kier molecular flexibility index (Phi) is 3.83. The van der Waals surface area contributed by atoms with Gasteiger partial charge in [-0.1, -0.05) is 19.1 Å². The Balaban J connectivity index is 1.73. The Morgan fingerprint density at radius 2 is 2.05 bits per heavy atom. The Hall–Kier alpha value is -1.68. The van der Waals surface area contributed by atoms with Gasteiger partial charge in [-0.15, -0.1) is 0 Å². The van der Waals surface area contributed by atoms with Crippen molar-refractivity contribution in [3.05, 3.63) is 52.0 Å². The lowest BCUT2D eigenvalue weighted by molar-refractivity contribution is 0.173. The van der Waals surface area contributed by atoms with Crippen molar-refractivity contribution in [2.45, 2.75) is 19.9 Å². The number of halogens is 1. The zero-order chi connectivity index (χ0) is 13.9. The van der Waals surface area contributed by atoms with Gasteiger partial charge in [0.05, 0.1) is 4.47 Å². The molecule has 0 saturated heterocycles. The average molecular weight is 334 g/mol. The lowest BCUT2D eigenvalue weighted by Crippen LogP contribution is -2.00. The van der Waals surface area contributed by atoms with Gasteiger partial charge in [-0.3, -0.25) is 0 Å². The van der Waals surface area contributed by atoms with Crippen LogP contribution in [0, 0.1) is 0 Å². The van der Waals surface area contributed by atoms with E-state index in [9.17, 15) is 0 Å². The van der Waals surface area contributed by atoms with Crippen LogP contribution < -0.4 is 14.8 Å². The normalized spacial score (nSPS) is 12.5. The summed E-state index contributed by atoms with van der Waals surface area (Å²) in [5.74, 6) is 1.60. The van der Waals surface area contributed by atoms with Gasteiger partial charge < -0.3 is 14.8 Å². The van der Waals surface area contributed by atoms with Crippen LogP contribution in [0.4, 0.5) is 5.69 Å². The van der Waals surface area contributed by atoms with Crippen LogP contribution >= 0.6 is 15.9 Å². The zero-order valence-electron chi connectivity index (χ0n) is 11.3. The van der Waals surface area contributed by atoms with Gasteiger partial charge in [-0.05, 0) is 57.7 Å². The minimum absolute atomic E-state index is 0.295. The predicted molar refractivity (Wildman–Crippen MR) is 83.4 cm³/mol. The van der Waals surface area contributed by atoms with E-state index < -0.39 is 0 Å². The molecule has 0 spiro atoms. The molecule has 2 aromatic carbocycles. The quantitative estimate of drug-likeness (QED) is 0.902. The molecular weight excluding hydrogens is 318 g/mol. The molecule has 1 heterocycles. The van der Waals surface area contributed by atoms with E-state index in [1.165, 1.54) is 5.56 Å². The first-order valence-corrected chi connectivity index (χ1v) is 7.46. The standard InChI is InChI=1S/C16H16BrNO2/c1-2-11-4-3-5-13(6-11)18-9-12-7-14(17)16-15(8-12)19-10-20-16/h3-8,18H,2,9-10H2,1H3. The number of rotatable bonds is 4. The lowest BCUT2D eigenvalue weighted by Gasteiger charge is -2.09. The number of ether oxygens (including phenoxy) is 2. The largest absolute Gasteiger partial charge is 0.454 e.